The standard InChI is InChI=1S/C22H22FNO5/c1-12(2)29-15-7-5-6-13(10-15)19-18(21(26)22(27)24(19)3)20(25)16-11-14(23)8-9-17(16)28-4/h5-12,19,25H,1-4H3/b20-18+. The molecule has 2 aromatic carbocycles. The minimum atomic E-state index is -0.850. The molecule has 1 aliphatic heterocycles. The zero-order chi connectivity index (χ0) is 21.3. The van der Waals surface area contributed by atoms with Crippen molar-refractivity contribution in [3.8, 4) is 11.5 Å². The molecule has 1 aliphatic rings. The summed E-state index contributed by atoms with van der Waals surface area (Å²) in [6.07, 6.45) is -0.0604. The zero-order valence-electron chi connectivity index (χ0n) is 16.6. The second kappa shape index (κ2) is 7.95. The van der Waals surface area contributed by atoms with Gasteiger partial charge in [0.25, 0.3) is 11.7 Å². The maximum absolute atomic E-state index is 13.8. The van der Waals surface area contributed by atoms with E-state index >= 15 is 0 Å². The van der Waals surface area contributed by atoms with E-state index < -0.39 is 29.3 Å². The summed E-state index contributed by atoms with van der Waals surface area (Å²) < 4.78 is 24.7. The lowest BCUT2D eigenvalue weighted by molar-refractivity contribution is -0.139. The Hall–Kier alpha value is -3.35. The first-order chi connectivity index (χ1) is 13.7. The van der Waals surface area contributed by atoms with Gasteiger partial charge in [0.05, 0.1) is 30.4 Å². The van der Waals surface area contributed by atoms with Gasteiger partial charge in [-0.25, -0.2) is 4.39 Å². The van der Waals surface area contributed by atoms with Gasteiger partial charge in [0.2, 0.25) is 0 Å². The Labute approximate surface area is 168 Å². The Morgan fingerprint density at radius 1 is 1.17 bits per heavy atom. The number of hydrogen-bond acceptors (Lipinski definition) is 5. The lowest BCUT2D eigenvalue weighted by Gasteiger charge is -2.22. The molecule has 0 aliphatic carbocycles. The van der Waals surface area contributed by atoms with Crippen LogP contribution >= 0.6 is 0 Å². The Morgan fingerprint density at radius 3 is 2.55 bits per heavy atom. The van der Waals surface area contributed by atoms with Gasteiger partial charge in [0.1, 0.15) is 23.1 Å². The highest BCUT2D eigenvalue weighted by Gasteiger charge is 2.44. The predicted molar refractivity (Wildman–Crippen MR) is 105 cm³/mol. The molecule has 1 unspecified atom stereocenters. The molecule has 1 saturated heterocycles. The predicted octanol–water partition coefficient (Wildman–Crippen LogP) is 3.67. The van der Waals surface area contributed by atoms with Crippen LogP contribution in [0.4, 0.5) is 4.39 Å². The Bertz CT molecular complexity index is 998. The fraction of sp³-hybridized carbons (Fsp3) is 0.273. The number of likely N-dealkylation sites (N-methyl/N-ethyl adjacent to an activating group) is 1. The van der Waals surface area contributed by atoms with Crippen LogP contribution in [0.25, 0.3) is 5.76 Å². The molecule has 7 heteroatoms. The second-order valence-corrected chi connectivity index (χ2v) is 6.99. The minimum absolute atomic E-state index is 0.00136. The van der Waals surface area contributed by atoms with E-state index in [2.05, 4.69) is 0 Å². The molecule has 3 rings (SSSR count). The molecule has 29 heavy (non-hydrogen) atoms. The normalized spacial score (nSPS) is 18.4. The quantitative estimate of drug-likeness (QED) is 0.472. The molecule has 6 nitrogen and oxygen atoms in total. The third-order valence-electron chi connectivity index (χ3n) is 4.64. The fourth-order valence-corrected chi connectivity index (χ4v) is 3.38. The molecule has 2 aromatic rings. The summed E-state index contributed by atoms with van der Waals surface area (Å²) in [7, 11) is 2.84. The van der Waals surface area contributed by atoms with Crippen LogP contribution in [0.1, 0.15) is 31.0 Å². The molecular weight excluding hydrogens is 377 g/mol. The first kappa shape index (κ1) is 20.4. The number of halogens is 1. The highest BCUT2D eigenvalue weighted by Crippen LogP contribution is 2.40. The number of benzene rings is 2. The first-order valence-electron chi connectivity index (χ1n) is 9.09. The van der Waals surface area contributed by atoms with Crippen molar-refractivity contribution in [2.24, 2.45) is 0 Å². The van der Waals surface area contributed by atoms with E-state index in [0.717, 1.165) is 6.07 Å². The van der Waals surface area contributed by atoms with Crippen molar-refractivity contribution in [1.82, 2.24) is 4.90 Å². The lowest BCUT2D eigenvalue weighted by Crippen LogP contribution is -2.24. The van der Waals surface area contributed by atoms with Crippen molar-refractivity contribution in [2.75, 3.05) is 14.2 Å². The molecule has 0 saturated carbocycles. The van der Waals surface area contributed by atoms with Gasteiger partial charge < -0.3 is 19.5 Å². The van der Waals surface area contributed by atoms with E-state index in [9.17, 15) is 19.1 Å². The summed E-state index contributed by atoms with van der Waals surface area (Å²) in [5, 5.41) is 10.9. The summed E-state index contributed by atoms with van der Waals surface area (Å²) in [6, 6.07) is 9.69. The maximum Gasteiger partial charge on any atom is 0.295 e. The molecule has 0 bridgehead atoms. The smallest absolute Gasteiger partial charge is 0.295 e. The van der Waals surface area contributed by atoms with Gasteiger partial charge in [-0.15, -0.1) is 0 Å². The molecule has 1 heterocycles. The van der Waals surface area contributed by atoms with Crippen LogP contribution in [0.15, 0.2) is 48.0 Å². The van der Waals surface area contributed by atoms with Crippen molar-refractivity contribution >= 4 is 17.4 Å². The Kier molecular flexibility index (Phi) is 5.59. The van der Waals surface area contributed by atoms with Crippen molar-refractivity contribution in [3.05, 3.63) is 65.0 Å². The molecule has 1 fully saturated rings. The monoisotopic (exact) mass is 399 g/mol. The van der Waals surface area contributed by atoms with E-state index in [1.165, 1.54) is 31.2 Å². The van der Waals surface area contributed by atoms with Gasteiger partial charge >= 0.3 is 0 Å². The number of carbonyl (C=O) groups excluding carboxylic acids is 2. The summed E-state index contributed by atoms with van der Waals surface area (Å²) in [4.78, 5) is 26.3. The highest BCUT2D eigenvalue weighted by atomic mass is 19.1. The maximum atomic E-state index is 13.8. The molecule has 0 spiro atoms. The molecule has 152 valence electrons. The average Bonchev–Trinajstić information content (AvgIpc) is 2.91. The number of ketones is 1. The molecule has 1 atom stereocenters. The largest absolute Gasteiger partial charge is 0.507 e. The number of nitrogens with zero attached hydrogens (tertiary/aromatic N) is 1. The number of aliphatic hydroxyl groups excluding tert-OH is 1. The van der Waals surface area contributed by atoms with E-state index in [4.69, 9.17) is 9.47 Å². The lowest BCUT2D eigenvalue weighted by atomic mass is 9.95. The van der Waals surface area contributed by atoms with Crippen LogP contribution in [0.3, 0.4) is 0 Å². The number of ether oxygens (including phenoxy) is 2. The van der Waals surface area contributed by atoms with Crippen molar-refractivity contribution in [2.45, 2.75) is 26.0 Å². The molecule has 1 N–H and O–H groups in total. The first-order valence-corrected chi connectivity index (χ1v) is 9.09. The SMILES string of the molecule is COc1ccc(F)cc1/C(O)=C1\C(=O)C(=O)N(C)C1c1cccc(OC(C)C)c1. The van der Waals surface area contributed by atoms with Gasteiger partial charge in [0, 0.05) is 7.05 Å². The fourth-order valence-electron chi connectivity index (χ4n) is 3.38. The van der Waals surface area contributed by atoms with Gasteiger partial charge in [-0.05, 0) is 49.7 Å². The van der Waals surface area contributed by atoms with Gasteiger partial charge in [-0.1, -0.05) is 12.1 Å². The van der Waals surface area contributed by atoms with Crippen molar-refractivity contribution in [1.29, 1.82) is 0 Å². The molecule has 1 amide bonds. The van der Waals surface area contributed by atoms with Crippen molar-refractivity contribution in [3.63, 3.8) is 0 Å². The van der Waals surface area contributed by atoms with Crippen LogP contribution in [-0.4, -0.2) is 42.0 Å². The third kappa shape index (κ3) is 3.81. The summed E-state index contributed by atoms with van der Waals surface area (Å²) in [6.45, 7) is 3.77. The number of carbonyl (C=O) groups is 2. The van der Waals surface area contributed by atoms with Gasteiger partial charge in [-0.2, -0.15) is 0 Å². The summed E-state index contributed by atoms with van der Waals surface area (Å²) in [5.41, 5.74) is 0.448. The number of rotatable bonds is 5. The van der Waals surface area contributed by atoms with Gasteiger partial charge in [-0.3, -0.25) is 9.59 Å². The zero-order valence-corrected chi connectivity index (χ0v) is 16.6. The minimum Gasteiger partial charge on any atom is -0.507 e. The van der Waals surface area contributed by atoms with Crippen molar-refractivity contribution < 1.29 is 28.6 Å². The second-order valence-electron chi connectivity index (χ2n) is 6.99. The Balaban J connectivity index is 2.18. The number of hydrogen-bond donors (Lipinski definition) is 1. The topological polar surface area (TPSA) is 76.1 Å². The molecule has 0 radical (unpaired) electrons. The average molecular weight is 399 g/mol. The number of methoxy groups -OCH3 is 1. The van der Waals surface area contributed by atoms with Crippen LogP contribution < -0.4 is 9.47 Å². The van der Waals surface area contributed by atoms with Crippen LogP contribution in [0, 0.1) is 5.82 Å². The molecule has 0 aromatic heterocycles. The highest BCUT2D eigenvalue weighted by molar-refractivity contribution is 6.46. The van der Waals surface area contributed by atoms with Crippen LogP contribution in [0.5, 0.6) is 11.5 Å². The summed E-state index contributed by atoms with van der Waals surface area (Å²) >= 11 is 0. The number of likely N-dealkylation sites (tertiary alicyclic amines) is 1. The van der Waals surface area contributed by atoms with E-state index in [1.54, 1.807) is 24.3 Å². The Morgan fingerprint density at radius 2 is 1.90 bits per heavy atom. The number of aliphatic hydroxyl groups is 1. The summed E-state index contributed by atoms with van der Waals surface area (Å²) in [5.74, 6) is -1.97. The number of Topliss-reactive ketones (excluding diaryl/α,β-unsaturated/α-hetero) is 1. The van der Waals surface area contributed by atoms with Crippen LogP contribution in [0.2, 0.25) is 0 Å². The van der Waals surface area contributed by atoms with Gasteiger partial charge in [0.15, 0.2) is 0 Å². The number of amides is 1. The third-order valence-corrected chi connectivity index (χ3v) is 4.64. The van der Waals surface area contributed by atoms with E-state index in [1.807, 2.05) is 13.8 Å². The van der Waals surface area contributed by atoms with Crippen LogP contribution in [-0.2, 0) is 9.59 Å². The van der Waals surface area contributed by atoms with E-state index in [0.29, 0.717) is 11.3 Å². The molecular formula is C22H22FNO5. The van der Waals surface area contributed by atoms with E-state index in [-0.39, 0.29) is 23.0 Å².